The van der Waals surface area contributed by atoms with E-state index < -0.39 is 0 Å². The lowest BCUT2D eigenvalue weighted by Gasteiger charge is -2.31. The van der Waals surface area contributed by atoms with Gasteiger partial charge in [0.2, 0.25) is 0 Å². The van der Waals surface area contributed by atoms with Crippen LogP contribution in [0.25, 0.3) is 0 Å². The number of nitrogens with zero attached hydrogens (tertiary/aromatic N) is 1. The van der Waals surface area contributed by atoms with Crippen LogP contribution >= 0.6 is 0 Å². The first kappa shape index (κ1) is 15.1. The van der Waals surface area contributed by atoms with Crippen molar-refractivity contribution in [3.63, 3.8) is 0 Å². The maximum atomic E-state index is 5.32. The van der Waals surface area contributed by atoms with Crippen molar-refractivity contribution in [3.8, 4) is 11.5 Å². The first-order valence-electron chi connectivity index (χ1n) is 7.18. The molecule has 0 aliphatic carbocycles. The number of ether oxygens (including phenoxy) is 3. The van der Waals surface area contributed by atoms with Gasteiger partial charge in [-0.2, -0.15) is 0 Å². The number of hydrogen-bond donors (Lipinski definition) is 0. The van der Waals surface area contributed by atoms with Gasteiger partial charge in [0.05, 0.1) is 14.2 Å². The molecule has 112 valence electrons. The van der Waals surface area contributed by atoms with Gasteiger partial charge < -0.3 is 14.2 Å². The summed E-state index contributed by atoms with van der Waals surface area (Å²) < 4.78 is 15.9. The van der Waals surface area contributed by atoms with Gasteiger partial charge in [-0.3, -0.25) is 4.90 Å². The Morgan fingerprint density at radius 3 is 2.10 bits per heavy atom. The Balaban J connectivity index is 1.93. The third kappa shape index (κ3) is 4.12. The highest BCUT2D eigenvalue weighted by Gasteiger charge is 2.19. The summed E-state index contributed by atoms with van der Waals surface area (Å²) in [5, 5.41) is 0. The van der Waals surface area contributed by atoms with E-state index >= 15 is 0 Å². The zero-order valence-electron chi connectivity index (χ0n) is 12.7. The minimum Gasteiger partial charge on any atom is -0.497 e. The van der Waals surface area contributed by atoms with Gasteiger partial charge in [0, 0.05) is 26.3 Å². The van der Waals surface area contributed by atoms with E-state index in [1.54, 1.807) is 21.3 Å². The predicted molar refractivity (Wildman–Crippen MR) is 79.4 cm³/mol. The molecular weight excluding hydrogens is 254 g/mol. The van der Waals surface area contributed by atoms with E-state index in [-0.39, 0.29) is 0 Å². The normalized spacial score (nSPS) is 17.1. The second kappa shape index (κ2) is 7.50. The number of hydrogen-bond acceptors (Lipinski definition) is 4. The van der Waals surface area contributed by atoms with E-state index in [1.165, 1.54) is 18.4 Å². The summed E-state index contributed by atoms with van der Waals surface area (Å²) in [5.74, 6) is 2.43. The molecule has 20 heavy (non-hydrogen) atoms. The second-order valence-electron chi connectivity index (χ2n) is 5.40. The molecule has 1 aliphatic heterocycles. The number of likely N-dealkylation sites (tertiary alicyclic amines) is 1. The molecule has 0 spiro atoms. The molecule has 1 heterocycles. The van der Waals surface area contributed by atoms with Crippen LogP contribution in [0.3, 0.4) is 0 Å². The molecular formula is C16H25NO3. The zero-order chi connectivity index (χ0) is 14.4. The predicted octanol–water partition coefficient (Wildman–Crippen LogP) is 2.56. The number of benzene rings is 1. The molecule has 1 saturated heterocycles. The number of piperidine rings is 1. The average molecular weight is 279 g/mol. The maximum Gasteiger partial charge on any atom is 0.122 e. The third-order valence-electron chi connectivity index (χ3n) is 3.93. The molecule has 4 nitrogen and oxygen atoms in total. The molecule has 0 radical (unpaired) electrons. The largest absolute Gasteiger partial charge is 0.497 e. The van der Waals surface area contributed by atoms with Gasteiger partial charge in [0.15, 0.2) is 0 Å². The summed E-state index contributed by atoms with van der Waals surface area (Å²) in [6.07, 6.45) is 2.43. The topological polar surface area (TPSA) is 30.9 Å². The molecule has 1 aliphatic rings. The van der Waals surface area contributed by atoms with Gasteiger partial charge in [-0.1, -0.05) is 0 Å². The van der Waals surface area contributed by atoms with Crippen LogP contribution < -0.4 is 9.47 Å². The van der Waals surface area contributed by atoms with Crippen LogP contribution in [-0.4, -0.2) is 45.9 Å². The summed E-state index contributed by atoms with van der Waals surface area (Å²) in [5.41, 5.74) is 1.24. The minimum atomic E-state index is 0.719. The summed E-state index contributed by atoms with van der Waals surface area (Å²) >= 11 is 0. The standard InChI is InChI=1S/C16H25NO3/c1-18-12-13-4-6-17(7-5-13)11-14-8-15(19-2)10-16(9-14)20-3/h8-10,13H,4-7,11-12H2,1-3H3. The van der Waals surface area contributed by atoms with Crippen molar-refractivity contribution < 1.29 is 14.2 Å². The molecule has 2 rings (SSSR count). The van der Waals surface area contributed by atoms with E-state index in [0.29, 0.717) is 0 Å². The Hall–Kier alpha value is -1.26. The Kier molecular flexibility index (Phi) is 5.68. The Morgan fingerprint density at radius 1 is 1.00 bits per heavy atom. The lowest BCUT2D eigenvalue weighted by atomic mass is 9.97. The fourth-order valence-electron chi connectivity index (χ4n) is 2.76. The molecule has 1 aromatic carbocycles. The van der Waals surface area contributed by atoms with Crippen molar-refractivity contribution in [1.82, 2.24) is 4.90 Å². The first-order chi connectivity index (χ1) is 9.75. The molecule has 4 heteroatoms. The van der Waals surface area contributed by atoms with E-state index in [2.05, 4.69) is 17.0 Å². The van der Waals surface area contributed by atoms with Gasteiger partial charge in [-0.25, -0.2) is 0 Å². The van der Waals surface area contributed by atoms with Gasteiger partial charge in [-0.05, 0) is 49.5 Å². The molecule has 0 saturated carbocycles. The van der Waals surface area contributed by atoms with Crippen LogP contribution in [0.5, 0.6) is 11.5 Å². The zero-order valence-corrected chi connectivity index (χ0v) is 12.7. The van der Waals surface area contributed by atoms with Gasteiger partial charge in [0.1, 0.15) is 11.5 Å². The highest BCUT2D eigenvalue weighted by Crippen LogP contribution is 2.25. The Bertz CT molecular complexity index is 392. The molecule has 1 fully saturated rings. The molecule has 0 N–H and O–H groups in total. The van der Waals surface area contributed by atoms with Crippen LogP contribution in [0.1, 0.15) is 18.4 Å². The number of rotatable bonds is 6. The van der Waals surface area contributed by atoms with Gasteiger partial charge in [-0.15, -0.1) is 0 Å². The maximum absolute atomic E-state index is 5.32. The van der Waals surface area contributed by atoms with Crippen molar-refractivity contribution >= 4 is 0 Å². The molecule has 0 unspecified atom stereocenters. The van der Waals surface area contributed by atoms with Crippen molar-refractivity contribution in [1.29, 1.82) is 0 Å². The average Bonchev–Trinajstić information content (AvgIpc) is 2.49. The summed E-state index contributed by atoms with van der Waals surface area (Å²) in [6.45, 7) is 4.11. The van der Waals surface area contributed by atoms with Crippen molar-refractivity contribution in [3.05, 3.63) is 23.8 Å². The minimum absolute atomic E-state index is 0.719. The smallest absolute Gasteiger partial charge is 0.122 e. The van der Waals surface area contributed by atoms with Crippen LogP contribution in [0, 0.1) is 5.92 Å². The summed E-state index contributed by atoms with van der Waals surface area (Å²) in [6, 6.07) is 6.09. The Labute approximate surface area is 121 Å². The van der Waals surface area contributed by atoms with Crippen LogP contribution in [0.2, 0.25) is 0 Å². The fraction of sp³-hybridized carbons (Fsp3) is 0.625. The van der Waals surface area contributed by atoms with E-state index in [0.717, 1.165) is 43.7 Å². The molecule has 0 amide bonds. The quantitative estimate of drug-likeness (QED) is 0.801. The summed E-state index contributed by atoms with van der Waals surface area (Å²) in [7, 11) is 5.17. The van der Waals surface area contributed by atoms with Crippen LogP contribution in [0.4, 0.5) is 0 Å². The lowest BCUT2D eigenvalue weighted by Crippen LogP contribution is -2.34. The van der Waals surface area contributed by atoms with Gasteiger partial charge >= 0.3 is 0 Å². The van der Waals surface area contributed by atoms with Crippen molar-refractivity contribution in [2.24, 2.45) is 5.92 Å². The molecule has 0 aromatic heterocycles. The van der Waals surface area contributed by atoms with Crippen molar-refractivity contribution in [2.75, 3.05) is 41.0 Å². The SMILES string of the molecule is COCC1CCN(Cc2cc(OC)cc(OC)c2)CC1. The molecule has 1 aromatic rings. The lowest BCUT2D eigenvalue weighted by molar-refractivity contribution is 0.0968. The van der Waals surface area contributed by atoms with Gasteiger partial charge in [0.25, 0.3) is 0 Å². The van der Waals surface area contributed by atoms with Crippen molar-refractivity contribution in [2.45, 2.75) is 19.4 Å². The van der Waals surface area contributed by atoms with E-state index in [1.807, 2.05) is 6.07 Å². The highest BCUT2D eigenvalue weighted by molar-refractivity contribution is 5.38. The number of methoxy groups -OCH3 is 3. The Morgan fingerprint density at radius 2 is 1.60 bits per heavy atom. The highest BCUT2D eigenvalue weighted by atomic mass is 16.5. The van der Waals surface area contributed by atoms with Crippen LogP contribution in [0.15, 0.2) is 18.2 Å². The summed E-state index contributed by atoms with van der Waals surface area (Å²) in [4.78, 5) is 2.49. The second-order valence-corrected chi connectivity index (χ2v) is 5.40. The molecule has 0 bridgehead atoms. The van der Waals surface area contributed by atoms with Crippen LogP contribution in [-0.2, 0) is 11.3 Å². The molecule has 0 atom stereocenters. The fourth-order valence-corrected chi connectivity index (χ4v) is 2.76. The van der Waals surface area contributed by atoms with E-state index in [9.17, 15) is 0 Å². The van der Waals surface area contributed by atoms with E-state index in [4.69, 9.17) is 14.2 Å². The monoisotopic (exact) mass is 279 g/mol. The third-order valence-corrected chi connectivity index (χ3v) is 3.93. The first-order valence-corrected chi connectivity index (χ1v) is 7.18.